The van der Waals surface area contributed by atoms with E-state index in [1.54, 1.807) is 0 Å². The molecule has 1 aliphatic heterocycles. The second kappa shape index (κ2) is 6.04. The lowest BCUT2D eigenvalue weighted by molar-refractivity contribution is 0.185. The van der Waals surface area contributed by atoms with Gasteiger partial charge in [0.25, 0.3) is 0 Å². The van der Waals surface area contributed by atoms with Gasteiger partial charge in [-0.05, 0) is 55.0 Å². The van der Waals surface area contributed by atoms with Gasteiger partial charge in [0.15, 0.2) is 0 Å². The maximum absolute atomic E-state index is 5.72. The summed E-state index contributed by atoms with van der Waals surface area (Å²) in [5, 5.41) is 0. The summed E-state index contributed by atoms with van der Waals surface area (Å²) in [4.78, 5) is 4.93. The van der Waals surface area contributed by atoms with Crippen molar-refractivity contribution in [2.45, 2.75) is 25.4 Å². The van der Waals surface area contributed by atoms with Crippen LogP contribution < -0.4 is 10.6 Å². The summed E-state index contributed by atoms with van der Waals surface area (Å²) in [6.45, 7) is 5.19. The molecule has 2 unspecified atom stereocenters. The molecule has 2 N–H and O–H groups in total. The number of anilines is 1. The fourth-order valence-corrected chi connectivity index (χ4v) is 3.25. The van der Waals surface area contributed by atoms with E-state index >= 15 is 0 Å². The van der Waals surface area contributed by atoms with Crippen LogP contribution in [-0.2, 0) is 0 Å². The Hall–Kier alpha value is -0.580. The fourth-order valence-electron chi connectivity index (χ4n) is 2.74. The number of benzene rings is 1. The Morgan fingerprint density at radius 2 is 2.06 bits per heavy atom. The summed E-state index contributed by atoms with van der Waals surface area (Å²) in [5.74, 6) is 0. The Balaban J connectivity index is 2.19. The van der Waals surface area contributed by atoms with Gasteiger partial charge < -0.3 is 10.6 Å². The van der Waals surface area contributed by atoms with Crippen LogP contribution in [0.3, 0.4) is 0 Å². The molecule has 0 amide bonds. The van der Waals surface area contributed by atoms with Gasteiger partial charge in [-0.1, -0.05) is 12.1 Å². The topological polar surface area (TPSA) is 32.5 Å². The van der Waals surface area contributed by atoms with Crippen molar-refractivity contribution in [3.63, 3.8) is 0 Å². The second-order valence-corrected chi connectivity index (χ2v) is 5.98. The Morgan fingerprint density at radius 1 is 1.33 bits per heavy atom. The molecule has 18 heavy (non-hydrogen) atoms. The highest BCUT2D eigenvalue weighted by atomic mass is 79.9. The molecule has 1 aliphatic rings. The molecular weight excluding hydrogens is 290 g/mol. The van der Waals surface area contributed by atoms with Crippen LogP contribution in [0.1, 0.15) is 13.3 Å². The van der Waals surface area contributed by atoms with E-state index in [2.05, 4.69) is 64.0 Å². The molecule has 0 saturated carbocycles. The molecule has 100 valence electrons. The van der Waals surface area contributed by atoms with Crippen LogP contribution in [-0.4, -0.2) is 43.7 Å². The van der Waals surface area contributed by atoms with Crippen LogP contribution in [0, 0.1) is 0 Å². The second-order valence-electron chi connectivity index (χ2n) is 5.12. The van der Waals surface area contributed by atoms with Crippen molar-refractivity contribution in [3.05, 3.63) is 28.7 Å². The highest BCUT2D eigenvalue weighted by Crippen LogP contribution is 2.30. The number of piperazine rings is 1. The zero-order valence-corrected chi connectivity index (χ0v) is 12.7. The van der Waals surface area contributed by atoms with Crippen LogP contribution >= 0.6 is 15.9 Å². The zero-order chi connectivity index (χ0) is 13.1. The van der Waals surface area contributed by atoms with Crippen molar-refractivity contribution in [2.75, 3.05) is 31.6 Å². The molecule has 1 aromatic rings. The Labute approximate surface area is 118 Å². The highest BCUT2D eigenvalue weighted by molar-refractivity contribution is 9.10. The first-order valence-electron chi connectivity index (χ1n) is 6.55. The lowest BCUT2D eigenvalue weighted by atomic mass is 10.0. The molecule has 1 saturated heterocycles. The van der Waals surface area contributed by atoms with Gasteiger partial charge in [-0.25, -0.2) is 0 Å². The fraction of sp³-hybridized carbons (Fsp3) is 0.571. The summed E-state index contributed by atoms with van der Waals surface area (Å²) in [5.41, 5.74) is 7.01. The van der Waals surface area contributed by atoms with Gasteiger partial charge in [-0.3, -0.25) is 4.90 Å². The van der Waals surface area contributed by atoms with Crippen molar-refractivity contribution < 1.29 is 0 Å². The number of halogens is 1. The van der Waals surface area contributed by atoms with E-state index in [-0.39, 0.29) is 0 Å². The van der Waals surface area contributed by atoms with E-state index in [1.807, 2.05) is 0 Å². The minimum absolute atomic E-state index is 0.530. The maximum atomic E-state index is 5.72. The molecule has 3 nitrogen and oxygen atoms in total. The van der Waals surface area contributed by atoms with Gasteiger partial charge in [0.2, 0.25) is 0 Å². The van der Waals surface area contributed by atoms with Crippen LogP contribution in [0.15, 0.2) is 28.7 Å². The molecule has 0 bridgehead atoms. The number of rotatable bonds is 3. The molecule has 2 rings (SSSR count). The first-order chi connectivity index (χ1) is 8.63. The molecule has 1 fully saturated rings. The summed E-state index contributed by atoms with van der Waals surface area (Å²) in [6, 6.07) is 9.54. The average molecular weight is 312 g/mol. The largest absolute Gasteiger partial charge is 0.365 e. The first kappa shape index (κ1) is 13.8. The monoisotopic (exact) mass is 311 g/mol. The maximum Gasteiger partial charge on any atom is 0.0514 e. The number of hydrogen-bond donors (Lipinski definition) is 1. The van der Waals surface area contributed by atoms with E-state index in [4.69, 9.17) is 5.73 Å². The molecule has 0 spiro atoms. The van der Waals surface area contributed by atoms with E-state index in [1.165, 1.54) is 10.2 Å². The highest BCUT2D eigenvalue weighted by Gasteiger charge is 2.29. The third kappa shape index (κ3) is 2.87. The SMILES string of the molecule is CC1CN(C)C(CCN)CN1c1ccccc1Br. The van der Waals surface area contributed by atoms with E-state index in [0.717, 1.165) is 26.1 Å². The average Bonchev–Trinajstić information content (AvgIpc) is 2.34. The van der Waals surface area contributed by atoms with Crippen molar-refractivity contribution in [1.82, 2.24) is 4.90 Å². The number of nitrogens with zero attached hydrogens (tertiary/aromatic N) is 2. The van der Waals surface area contributed by atoms with Gasteiger partial charge in [-0.15, -0.1) is 0 Å². The predicted molar refractivity (Wildman–Crippen MR) is 81.0 cm³/mol. The van der Waals surface area contributed by atoms with Crippen LogP contribution in [0.2, 0.25) is 0 Å². The van der Waals surface area contributed by atoms with Gasteiger partial charge in [-0.2, -0.15) is 0 Å². The van der Waals surface area contributed by atoms with Crippen LogP contribution in [0.5, 0.6) is 0 Å². The lowest BCUT2D eigenvalue weighted by Gasteiger charge is -2.45. The summed E-state index contributed by atoms with van der Waals surface area (Å²) in [7, 11) is 2.20. The zero-order valence-electron chi connectivity index (χ0n) is 11.1. The number of nitrogens with two attached hydrogens (primary N) is 1. The predicted octanol–water partition coefficient (Wildman–Crippen LogP) is 2.31. The van der Waals surface area contributed by atoms with Crippen LogP contribution in [0.4, 0.5) is 5.69 Å². The molecule has 0 aromatic heterocycles. The Kier molecular flexibility index (Phi) is 4.65. The standard InChI is InChI=1S/C14H22BrN3/c1-11-9-17(2)12(7-8-16)10-18(11)14-6-4-3-5-13(14)15/h3-6,11-12H,7-10,16H2,1-2H3. The summed E-state index contributed by atoms with van der Waals surface area (Å²) in [6.07, 6.45) is 1.06. The molecule has 1 heterocycles. The smallest absolute Gasteiger partial charge is 0.0514 e. The van der Waals surface area contributed by atoms with Gasteiger partial charge in [0, 0.05) is 29.6 Å². The lowest BCUT2D eigenvalue weighted by Crippen LogP contribution is -2.56. The molecular formula is C14H22BrN3. The Bertz CT molecular complexity index is 396. The van der Waals surface area contributed by atoms with E-state index in [9.17, 15) is 0 Å². The summed E-state index contributed by atoms with van der Waals surface area (Å²) >= 11 is 3.65. The van der Waals surface area contributed by atoms with Gasteiger partial charge >= 0.3 is 0 Å². The number of para-hydroxylation sites is 1. The Morgan fingerprint density at radius 3 is 2.72 bits per heavy atom. The molecule has 1 aromatic carbocycles. The quantitative estimate of drug-likeness (QED) is 0.929. The molecule has 2 atom stereocenters. The van der Waals surface area contributed by atoms with E-state index < -0.39 is 0 Å². The first-order valence-corrected chi connectivity index (χ1v) is 7.34. The van der Waals surface area contributed by atoms with Crippen molar-refractivity contribution >= 4 is 21.6 Å². The molecule has 0 aliphatic carbocycles. The normalized spacial score (nSPS) is 25.4. The molecule has 0 radical (unpaired) electrons. The number of likely N-dealkylation sites (N-methyl/N-ethyl adjacent to an activating group) is 1. The third-order valence-corrected chi connectivity index (χ3v) is 4.45. The third-order valence-electron chi connectivity index (χ3n) is 3.78. The van der Waals surface area contributed by atoms with Crippen LogP contribution in [0.25, 0.3) is 0 Å². The van der Waals surface area contributed by atoms with Gasteiger partial charge in [0.1, 0.15) is 0 Å². The van der Waals surface area contributed by atoms with Crippen molar-refractivity contribution in [1.29, 1.82) is 0 Å². The molecule has 4 heteroatoms. The van der Waals surface area contributed by atoms with Crippen molar-refractivity contribution in [2.24, 2.45) is 5.73 Å². The summed E-state index contributed by atoms with van der Waals surface area (Å²) < 4.78 is 1.17. The van der Waals surface area contributed by atoms with Crippen molar-refractivity contribution in [3.8, 4) is 0 Å². The number of hydrogen-bond acceptors (Lipinski definition) is 3. The van der Waals surface area contributed by atoms with E-state index in [0.29, 0.717) is 12.1 Å². The minimum Gasteiger partial charge on any atom is -0.365 e. The minimum atomic E-state index is 0.530. The van der Waals surface area contributed by atoms with Gasteiger partial charge in [0.05, 0.1) is 5.69 Å².